The zero-order chi connectivity index (χ0) is 17.5. The molecule has 0 aliphatic carbocycles. The second kappa shape index (κ2) is 8.53. The van der Waals surface area contributed by atoms with Gasteiger partial charge in [0.05, 0.1) is 6.54 Å². The van der Waals surface area contributed by atoms with Crippen molar-refractivity contribution in [1.82, 2.24) is 4.90 Å². The SMILES string of the molecule is CCc1cccc(C)c1NCC(=O)N(Cc1ccccc1)C(C)C. The first-order valence-corrected chi connectivity index (χ1v) is 8.68. The van der Waals surface area contributed by atoms with Gasteiger partial charge in [0.1, 0.15) is 0 Å². The molecule has 0 saturated carbocycles. The highest BCUT2D eigenvalue weighted by molar-refractivity contribution is 5.81. The van der Waals surface area contributed by atoms with E-state index in [1.807, 2.05) is 23.1 Å². The third-order valence-electron chi connectivity index (χ3n) is 4.30. The number of anilines is 1. The van der Waals surface area contributed by atoms with Gasteiger partial charge in [-0.15, -0.1) is 0 Å². The van der Waals surface area contributed by atoms with E-state index in [4.69, 9.17) is 0 Å². The maximum absolute atomic E-state index is 12.7. The van der Waals surface area contributed by atoms with Crippen LogP contribution in [0.2, 0.25) is 0 Å². The highest BCUT2D eigenvalue weighted by Gasteiger charge is 2.17. The molecule has 2 aromatic rings. The fourth-order valence-electron chi connectivity index (χ4n) is 2.88. The van der Waals surface area contributed by atoms with Crippen LogP contribution in [0.25, 0.3) is 0 Å². The fourth-order valence-corrected chi connectivity index (χ4v) is 2.88. The molecule has 2 aromatic carbocycles. The molecule has 0 heterocycles. The lowest BCUT2D eigenvalue weighted by molar-refractivity contribution is -0.131. The zero-order valence-corrected chi connectivity index (χ0v) is 15.2. The highest BCUT2D eigenvalue weighted by atomic mass is 16.2. The number of rotatable bonds is 7. The normalized spacial score (nSPS) is 10.7. The van der Waals surface area contributed by atoms with Crippen molar-refractivity contribution in [2.24, 2.45) is 0 Å². The molecule has 1 amide bonds. The number of carbonyl (C=O) groups is 1. The minimum Gasteiger partial charge on any atom is -0.376 e. The molecule has 0 spiro atoms. The van der Waals surface area contributed by atoms with E-state index in [2.05, 4.69) is 63.3 Å². The molecule has 0 fully saturated rings. The van der Waals surface area contributed by atoms with Gasteiger partial charge in [-0.2, -0.15) is 0 Å². The van der Waals surface area contributed by atoms with Crippen LogP contribution < -0.4 is 5.32 Å². The van der Waals surface area contributed by atoms with E-state index in [9.17, 15) is 4.79 Å². The van der Waals surface area contributed by atoms with Crippen LogP contribution in [0.4, 0.5) is 5.69 Å². The lowest BCUT2D eigenvalue weighted by atomic mass is 10.1. The molecule has 128 valence electrons. The van der Waals surface area contributed by atoms with Gasteiger partial charge in [0, 0.05) is 18.3 Å². The highest BCUT2D eigenvalue weighted by Crippen LogP contribution is 2.21. The van der Waals surface area contributed by atoms with Gasteiger partial charge in [-0.25, -0.2) is 0 Å². The molecule has 0 atom stereocenters. The first-order valence-electron chi connectivity index (χ1n) is 8.68. The lowest BCUT2D eigenvalue weighted by Crippen LogP contribution is -2.40. The Hall–Kier alpha value is -2.29. The van der Waals surface area contributed by atoms with Crippen LogP contribution in [-0.2, 0) is 17.8 Å². The first kappa shape index (κ1) is 18.1. The largest absolute Gasteiger partial charge is 0.376 e. The summed E-state index contributed by atoms with van der Waals surface area (Å²) >= 11 is 0. The molecule has 1 N–H and O–H groups in total. The molecule has 2 rings (SSSR count). The van der Waals surface area contributed by atoms with E-state index in [0.29, 0.717) is 13.1 Å². The van der Waals surface area contributed by atoms with Gasteiger partial charge in [-0.05, 0) is 43.9 Å². The fraction of sp³-hybridized carbons (Fsp3) is 0.381. The smallest absolute Gasteiger partial charge is 0.242 e. The van der Waals surface area contributed by atoms with Gasteiger partial charge in [0.2, 0.25) is 5.91 Å². The number of benzene rings is 2. The van der Waals surface area contributed by atoms with Crippen LogP contribution in [0.1, 0.15) is 37.5 Å². The van der Waals surface area contributed by atoms with Crippen molar-refractivity contribution in [2.75, 3.05) is 11.9 Å². The van der Waals surface area contributed by atoms with Crippen LogP contribution in [0.3, 0.4) is 0 Å². The van der Waals surface area contributed by atoms with Crippen molar-refractivity contribution in [1.29, 1.82) is 0 Å². The first-order chi connectivity index (χ1) is 11.5. The number of aryl methyl sites for hydroxylation is 2. The summed E-state index contributed by atoms with van der Waals surface area (Å²) in [7, 11) is 0. The Labute approximate surface area is 145 Å². The molecule has 0 aliphatic heterocycles. The lowest BCUT2D eigenvalue weighted by Gasteiger charge is -2.27. The van der Waals surface area contributed by atoms with Crippen molar-refractivity contribution in [2.45, 2.75) is 46.7 Å². The number of para-hydroxylation sites is 1. The monoisotopic (exact) mass is 324 g/mol. The average Bonchev–Trinajstić information content (AvgIpc) is 2.58. The van der Waals surface area contributed by atoms with Crippen LogP contribution in [0, 0.1) is 6.92 Å². The summed E-state index contributed by atoms with van der Waals surface area (Å²) in [5.74, 6) is 0.124. The van der Waals surface area contributed by atoms with Gasteiger partial charge < -0.3 is 10.2 Å². The van der Waals surface area contributed by atoms with Crippen LogP contribution in [0.5, 0.6) is 0 Å². The predicted octanol–water partition coefficient (Wildman–Crippen LogP) is 4.41. The summed E-state index contributed by atoms with van der Waals surface area (Å²) in [4.78, 5) is 14.7. The summed E-state index contributed by atoms with van der Waals surface area (Å²) < 4.78 is 0. The Balaban J connectivity index is 2.06. The molecular weight excluding hydrogens is 296 g/mol. The Kier molecular flexibility index (Phi) is 6.42. The maximum Gasteiger partial charge on any atom is 0.242 e. The predicted molar refractivity (Wildman–Crippen MR) is 101 cm³/mol. The van der Waals surface area contributed by atoms with E-state index in [1.54, 1.807) is 0 Å². The number of nitrogens with one attached hydrogen (secondary N) is 1. The van der Waals surface area contributed by atoms with E-state index >= 15 is 0 Å². The van der Waals surface area contributed by atoms with Gasteiger partial charge in [0.25, 0.3) is 0 Å². The molecule has 0 radical (unpaired) electrons. The third-order valence-corrected chi connectivity index (χ3v) is 4.30. The molecule has 0 unspecified atom stereocenters. The minimum atomic E-state index is 0.124. The van der Waals surface area contributed by atoms with Crippen LogP contribution in [-0.4, -0.2) is 23.4 Å². The van der Waals surface area contributed by atoms with Gasteiger partial charge >= 0.3 is 0 Å². The molecule has 24 heavy (non-hydrogen) atoms. The summed E-state index contributed by atoms with van der Waals surface area (Å²) in [6, 6.07) is 16.6. The molecule has 0 saturated heterocycles. The molecule has 0 aromatic heterocycles. The summed E-state index contributed by atoms with van der Waals surface area (Å²) in [5.41, 5.74) is 4.68. The number of carbonyl (C=O) groups excluding carboxylic acids is 1. The molecule has 3 heteroatoms. The third kappa shape index (κ3) is 4.60. The minimum absolute atomic E-state index is 0.124. The Morgan fingerprint density at radius 3 is 2.42 bits per heavy atom. The summed E-state index contributed by atoms with van der Waals surface area (Å²) in [6.07, 6.45) is 0.954. The Bertz CT molecular complexity index is 665. The zero-order valence-electron chi connectivity index (χ0n) is 15.2. The van der Waals surface area contributed by atoms with Gasteiger partial charge in [-0.1, -0.05) is 55.5 Å². The van der Waals surface area contributed by atoms with Crippen molar-refractivity contribution < 1.29 is 4.79 Å². The second-order valence-electron chi connectivity index (χ2n) is 6.42. The summed E-state index contributed by atoms with van der Waals surface area (Å²) in [6.45, 7) is 9.31. The number of nitrogens with zero attached hydrogens (tertiary/aromatic N) is 1. The van der Waals surface area contributed by atoms with Crippen molar-refractivity contribution in [3.8, 4) is 0 Å². The molecule has 0 bridgehead atoms. The van der Waals surface area contributed by atoms with E-state index in [1.165, 1.54) is 11.1 Å². The van der Waals surface area contributed by atoms with E-state index in [-0.39, 0.29) is 11.9 Å². The molecule has 3 nitrogen and oxygen atoms in total. The van der Waals surface area contributed by atoms with Crippen molar-refractivity contribution in [3.05, 3.63) is 65.2 Å². The Morgan fingerprint density at radius 2 is 1.79 bits per heavy atom. The maximum atomic E-state index is 12.7. The van der Waals surface area contributed by atoms with Crippen molar-refractivity contribution >= 4 is 11.6 Å². The number of hydrogen-bond acceptors (Lipinski definition) is 2. The van der Waals surface area contributed by atoms with E-state index in [0.717, 1.165) is 17.7 Å². The van der Waals surface area contributed by atoms with Crippen LogP contribution >= 0.6 is 0 Å². The molecule has 0 aliphatic rings. The second-order valence-corrected chi connectivity index (χ2v) is 6.42. The standard InChI is InChI=1S/C21H28N2O/c1-5-19-13-9-10-17(4)21(19)22-14-20(24)23(16(2)3)15-18-11-7-6-8-12-18/h6-13,16,22H,5,14-15H2,1-4H3. The topological polar surface area (TPSA) is 32.3 Å². The van der Waals surface area contributed by atoms with Crippen LogP contribution in [0.15, 0.2) is 48.5 Å². The molecular formula is C21H28N2O. The van der Waals surface area contributed by atoms with Gasteiger partial charge in [0.15, 0.2) is 0 Å². The Morgan fingerprint density at radius 1 is 1.08 bits per heavy atom. The number of hydrogen-bond donors (Lipinski definition) is 1. The quantitative estimate of drug-likeness (QED) is 0.818. The average molecular weight is 324 g/mol. The summed E-state index contributed by atoms with van der Waals surface area (Å²) in [5, 5.41) is 3.36. The van der Waals surface area contributed by atoms with Gasteiger partial charge in [-0.3, -0.25) is 4.79 Å². The number of amides is 1. The van der Waals surface area contributed by atoms with E-state index < -0.39 is 0 Å². The van der Waals surface area contributed by atoms with Crippen molar-refractivity contribution in [3.63, 3.8) is 0 Å².